The molecule has 1 atom stereocenters. The van der Waals surface area contributed by atoms with Crippen LogP contribution in [-0.2, 0) is 9.53 Å². The molecule has 1 aromatic rings. The molecule has 8 heteroatoms. The second kappa shape index (κ2) is 5.19. The van der Waals surface area contributed by atoms with Gasteiger partial charge < -0.3 is 10.1 Å². The minimum Gasteiger partial charge on any atom is -0.467 e. The van der Waals surface area contributed by atoms with Crippen LogP contribution in [-0.4, -0.2) is 45.7 Å². The summed E-state index contributed by atoms with van der Waals surface area (Å²) in [5, 5.41) is 14.9. The van der Waals surface area contributed by atoms with Crippen LogP contribution in [0.1, 0.15) is 24.5 Å². The van der Waals surface area contributed by atoms with Crippen LogP contribution in [0.4, 0.5) is 0 Å². The molecule has 8 nitrogen and oxygen atoms in total. The van der Waals surface area contributed by atoms with Gasteiger partial charge in [0.25, 0.3) is 11.7 Å². The number of amides is 1. The van der Waals surface area contributed by atoms with E-state index in [1.807, 2.05) is 0 Å². The van der Waals surface area contributed by atoms with Gasteiger partial charge in [0, 0.05) is 0 Å². The molecule has 0 spiro atoms. The van der Waals surface area contributed by atoms with Gasteiger partial charge in [-0.3, -0.25) is 4.79 Å². The Morgan fingerprint density at radius 3 is 2.56 bits per heavy atom. The molecule has 2 N–H and O–H groups in total. The van der Waals surface area contributed by atoms with Gasteiger partial charge in [0.15, 0.2) is 0 Å². The number of tetrazole rings is 1. The number of ether oxygens (including phenoxy) is 1. The Bertz CT molecular complexity index is 362. The fourth-order valence-electron chi connectivity index (χ4n) is 1.09. The van der Waals surface area contributed by atoms with Crippen molar-refractivity contribution in [1.82, 2.24) is 25.9 Å². The Labute approximate surface area is 91.7 Å². The van der Waals surface area contributed by atoms with Crippen LogP contribution in [0.3, 0.4) is 0 Å². The van der Waals surface area contributed by atoms with E-state index >= 15 is 0 Å². The number of carbonyl (C=O) groups is 2. The molecular formula is C8H13N5O3. The number of aromatic amines is 1. The highest BCUT2D eigenvalue weighted by atomic mass is 16.5. The van der Waals surface area contributed by atoms with Crippen molar-refractivity contribution in [2.45, 2.75) is 19.9 Å². The van der Waals surface area contributed by atoms with E-state index < -0.39 is 17.9 Å². The zero-order valence-corrected chi connectivity index (χ0v) is 9.22. The predicted molar refractivity (Wildman–Crippen MR) is 52.3 cm³/mol. The molecule has 0 saturated carbocycles. The van der Waals surface area contributed by atoms with E-state index in [9.17, 15) is 9.59 Å². The second-order valence-corrected chi connectivity index (χ2v) is 3.45. The molecule has 0 saturated heterocycles. The van der Waals surface area contributed by atoms with Gasteiger partial charge in [-0.1, -0.05) is 13.8 Å². The van der Waals surface area contributed by atoms with E-state index in [0.29, 0.717) is 0 Å². The maximum Gasteiger partial charge on any atom is 0.328 e. The van der Waals surface area contributed by atoms with Crippen LogP contribution in [0.5, 0.6) is 0 Å². The highest BCUT2D eigenvalue weighted by molar-refractivity contribution is 5.93. The number of hydrogen-bond donors (Lipinski definition) is 2. The third-order valence-electron chi connectivity index (χ3n) is 1.96. The first kappa shape index (κ1) is 12.1. The third-order valence-corrected chi connectivity index (χ3v) is 1.96. The SMILES string of the molecule is COC(=O)[C@@H](NC(=O)c1nn[nH]n1)C(C)C. The molecule has 0 bridgehead atoms. The standard InChI is InChI=1S/C8H13N5O3/c1-4(2)5(8(15)16-3)9-7(14)6-10-12-13-11-6/h4-5H,1-3H3,(H,9,14)(H,10,11,12,13)/t5-/m0/s1. The zero-order valence-electron chi connectivity index (χ0n) is 9.22. The average Bonchev–Trinajstić information content (AvgIpc) is 2.77. The summed E-state index contributed by atoms with van der Waals surface area (Å²) in [6.07, 6.45) is 0. The Morgan fingerprint density at radius 1 is 1.44 bits per heavy atom. The molecule has 0 aromatic carbocycles. The van der Waals surface area contributed by atoms with Gasteiger partial charge in [0.1, 0.15) is 6.04 Å². The van der Waals surface area contributed by atoms with Crippen LogP contribution in [0.25, 0.3) is 0 Å². The first-order valence-electron chi connectivity index (χ1n) is 4.68. The molecule has 0 aliphatic heterocycles. The van der Waals surface area contributed by atoms with Gasteiger partial charge in [0.2, 0.25) is 0 Å². The predicted octanol–water partition coefficient (Wildman–Crippen LogP) is -0.873. The Kier molecular flexibility index (Phi) is 3.92. The molecule has 1 aromatic heterocycles. The maximum absolute atomic E-state index is 11.5. The van der Waals surface area contributed by atoms with Gasteiger partial charge in [0.05, 0.1) is 7.11 Å². The summed E-state index contributed by atoms with van der Waals surface area (Å²) < 4.78 is 4.57. The van der Waals surface area contributed by atoms with E-state index in [4.69, 9.17) is 0 Å². The summed E-state index contributed by atoms with van der Waals surface area (Å²) in [7, 11) is 1.26. The Balaban J connectivity index is 2.69. The minimum atomic E-state index is -0.726. The lowest BCUT2D eigenvalue weighted by molar-refractivity contribution is -0.144. The largest absolute Gasteiger partial charge is 0.467 e. The molecule has 16 heavy (non-hydrogen) atoms. The van der Waals surface area contributed by atoms with Crippen molar-refractivity contribution in [2.24, 2.45) is 5.92 Å². The minimum absolute atomic E-state index is 0.0942. The summed E-state index contributed by atoms with van der Waals surface area (Å²) in [4.78, 5) is 22.9. The van der Waals surface area contributed by atoms with Crippen molar-refractivity contribution in [2.75, 3.05) is 7.11 Å². The summed E-state index contributed by atoms with van der Waals surface area (Å²) in [5.74, 6) is -1.29. The average molecular weight is 227 g/mol. The number of aromatic nitrogens is 4. The van der Waals surface area contributed by atoms with Gasteiger partial charge >= 0.3 is 5.97 Å². The molecule has 0 radical (unpaired) electrons. The molecule has 0 aliphatic carbocycles. The monoisotopic (exact) mass is 227 g/mol. The van der Waals surface area contributed by atoms with Crippen molar-refractivity contribution in [3.8, 4) is 0 Å². The summed E-state index contributed by atoms with van der Waals surface area (Å²) in [6, 6.07) is -0.726. The third kappa shape index (κ3) is 2.75. The normalized spacial score (nSPS) is 12.2. The van der Waals surface area contributed by atoms with E-state index in [-0.39, 0.29) is 11.7 Å². The fourth-order valence-corrected chi connectivity index (χ4v) is 1.09. The number of H-pyrrole nitrogens is 1. The molecule has 1 amide bonds. The summed E-state index contributed by atoms with van der Waals surface area (Å²) in [6.45, 7) is 3.58. The molecular weight excluding hydrogens is 214 g/mol. The molecule has 0 unspecified atom stereocenters. The number of carbonyl (C=O) groups excluding carboxylic acids is 2. The lowest BCUT2D eigenvalue weighted by atomic mass is 10.0. The van der Waals surface area contributed by atoms with Gasteiger partial charge in [-0.2, -0.15) is 5.21 Å². The first-order chi connectivity index (χ1) is 7.56. The number of methoxy groups -OCH3 is 1. The topological polar surface area (TPSA) is 110 Å². The second-order valence-electron chi connectivity index (χ2n) is 3.45. The van der Waals surface area contributed by atoms with Crippen LogP contribution in [0.15, 0.2) is 0 Å². The molecule has 88 valence electrons. The van der Waals surface area contributed by atoms with Crippen molar-refractivity contribution >= 4 is 11.9 Å². The van der Waals surface area contributed by atoms with E-state index in [1.165, 1.54) is 7.11 Å². The van der Waals surface area contributed by atoms with E-state index in [0.717, 1.165) is 0 Å². The van der Waals surface area contributed by atoms with Crippen LogP contribution >= 0.6 is 0 Å². The number of rotatable bonds is 4. The highest BCUT2D eigenvalue weighted by Gasteiger charge is 2.26. The molecule has 1 rings (SSSR count). The lowest BCUT2D eigenvalue weighted by Crippen LogP contribution is -2.45. The van der Waals surface area contributed by atoms with Gasteiger partial charge in [-0.25, -0.2) is 4.79 Å². The quantitative estimate of drug-likeness (QED) is 0.647. The van der Waals surface area contributed by atoms with Crippen molar-refractivity contribution < 1.29 is 14.3 Å². The fraction of sp³-hybridized carbons (Fsp3) is 0.625. The van der Waals surface area contributed by atoms with Crippen LogP contribution in [0.2, 0.25) is 0 Å². The van der Waals surface area contributed by atoms with Crippen molar-refractivity contribution in [3.05, 3.63) is 5.82 Å². The van der Waals surface area contributed by atoms with Crippen LogP contribution < -0.4 is 5.32 Å². The van der Waals surface area contributed by atoms with Gasteiger partial charge in [-0.05, 0) is 11.1 Å². The molecule has 0 fully saturated rings. The van der Waals surface area contributed by atoms with Crippen molar-refractivity contribution in [1.29, 1.82) is 0 Å². The summed E-state index contributed by atoms with van der Waals surface area (Å²) in [5.41, 5.74) is 0. The molecule has 1 heterocycles. The smallest absolute Gasteiger partial charge is 0.328 e. The Morgan fingerprint density at radius 2 is 2.12 bits per heavy atom. The lowest BCUT2D eigenvalue weighted by Gasteiger charge is -2.18. The Hall–Kier alpha value is -1.99. The van der Waals surface area contributed by atoms with E-state index in [2.05, 4.69) is 30.7 Å². The number of nitrogens with zero attached hydrogens (tertiary/aromatic N) is 3. The number of nitrogens with one attached hydrogen (secondary N) is 2. The highest BCUT2D eigenvalue weighted by Crippen LogP contribution is 2.04. The summed E-state index contributed by atoms with van der Waals surface area (Å²) >= 11 is 0. The van der Waals surface area contributed by atoms with E-state index in [1.54, 1.807) is 13.8 Å². The molecule has 0 aliphatic rings. The van der Waals surface area contributed by atoms with Gasteiger partial charge in [-0.15, -0.1) is 10.2 Å². The number of esters is 1. The zero-order chi connectivity index (χ0) is 12.1. The maximum atomic E-state index is 11.5. The first-order valence-corrected chi connectivity index (χ1v) is 4.68. The van der Waals surface area contributed by atoms with Crippen molar-refractivity contribution in [3.63, 3.8) is 0 Å². The van der Waals surface area contributed by atoms with Crippen LogP contribution in [0, 0.1) is 5.92 Å². The number of hydrogen-bond acceptors (Lipinski definition) is 6.